The van der Waals surface area contributed by atoms with E-state index < -0.39 is 11.7 Å². The SMILES string of the molecule is COc1ccc(NC(=O)c2c(/C=C/c3ccc(OCC(=O)N4CCCCC4)cc3)cc(OC)cc2OC)c(F)c1. The molecular formula is C31H33FN2O6. The standard InChI is InChI=1S/C31H33FN2O6/c1-37-24-13-14-27(26(32)18-24)33-31(36)30-22(17-25(38-2)19-28(30)39-3)10-7-21-8-11-23(12-9-21)40-20-29(35)34-15-5-4-6-16-34/h7-14,17-19H,4-6,15-16,20H2,1-3H3,(H,33,36)/b10-7+. The number of nitrogens with one attached hydrogen (secondary N) is 1. The van der Waals surface area contributed by atoms with Crippen molar-refractivity contribution in [3.8, 4) is 23.0 Å². The zero-order valence-electron chi connectivity index (χ0n) is 22.9. The Morgan fingerprint density at radius 3 is 2.20 bits per heavy atom. The molecule has 2 amide bonds. The van der Waals surface area contributed by atoms with Crippen LogP contribution in [-0.4, -0.2) is 57.7 Å². The van der Waals surface area contributed by atoms with Gasteiger partial charge >= 0.3 is 0 Å². The van der Waals surface area contributed by atoms with Crippen molar-refractivity contribution in [2.24, 2.45) is 0 Å². The third kappa shape index (κ3) is 7.11. The number of carbonyl (C=O) groups excluding carboxylic acids is 2. The molecule has 0 spiro atoms. The van der Waals surface area contributed by atoms with Crippen LogP contribution in [0.3, 0.4) is 0 Å². The van der Waals surface area contributed by atoms with Crippen LogP contribution in [0.15, 0.2) is 54.6 Å². The maximum atomic E-state index is 14.5. The molecule has 4 rings (SSSR count). The normalized spacial score (nSPS) is 13.2. The largest absolute Gasteiger partial charge is 0.497 e. The summed E-state index contributed by atoms with van der Waals surface area (Å²) in [5.41, 5.74) is 1.57. The van der Waals surface area contributed by atoms with Crippen molar-refractivity contribution in [2.75, 3.05) is 46.3 Å². The first-order chi connectivity index (χ1) is 19.4. The van der Waals surface area contributed by atoms with Crippen LogP contribution >= 0.6 is 0 Å². The fourth-order valence-corrected chi connectivity index (χ4v) is 4.41. The lowest BCUT2D eigenvalue weighted by molar-refractivity contribution is -0.134. The summed E-state index contributed by atoms with van der Waals surface area (Å²) in [5.74, 6) is 0.509. The van der Waals surface area contributed by atoms with Gasteiger partial charge in [0.2, 0.25) is 0 Å². The average Bonchev–Trinajstić information content (AvgIpc) is 3.00. The van der Waals surface area contributed by atoms with Gasteiger partial charge in [-0.2, -0.15) is 0 Å². The van der Waals surface area contributed by atoms with E-state index in [9.17, 15) is 14.0 Å². The molecule has 1 N–H and O–H groups in total. The predicted molar refractivity (Wildman–Crippen MR) is 152 cm³/mol. The zero-order valence-corrected chi connectivity index (χ0v) is 22.9. The Bertz CT molecular complexity index is 1370. The molecule has 0 bridgehead atoms. The molecule has 1 heterocycles. The van der Waals surface area contributed by atoms with Crippen molar-refractivity contribution in [1.82, 2.24) is 4.90 Å². The second-order valence-corrected chi connectivity index (χ2v) is 9.23. The van der Waals surface area contributed by atoms with Gasteiger partial charge in [0.05, 0.1) is 32.6 Å². The van der Waals surface area contributed by atoms with E-state index in [1.165, 1.54) is 33.5 Å². The summed E-state index contributed by atoms with van der Waals surface area (Å²) in [4.78, 5) is 27.5. The van der Waals surface area contributed by atoms with E-state index in [1.807, 2.05) is 23.1 Å². The Morgan fingerprint density at radius 1 is 0.850 bits per heavy atom. The summed E-state index contributed by atoms with van der Waals surface area (Å²) in [6.45, 7) is 1.58. The fraction of sp³-hybridized carbons (Fsp3) is 0.290. The number of anilines is 1. The number of halogens is 1. The maximum Gasteiger partial charge on any atom is 0.260 e. The summed E-state index contributed by atoms with van der Waals surface area (Å²) in [6, 6.07) is 14.7. The quantitative estimate of drug-likeness (QED) is 0.329. The second kappa shape index (κ2) is 13.5. The molecule has 210 valence electrons. The van der Waals surface area contributed by atoms with Gasteiger partial charge in [0.15, 0.2) is 6.61 Å². The molecule has 1 aliphatic rings. The van der Waals surface area contributed by atoms with Gasteiger partial charge in [0, 0.05) is 25.2 Å². The average molecular weight is 549 g/mol. The Morgan fingerprint density at radius 2 is 1.55 bits per heavy atom. The van der Waals surface area contributed by atoms with Gasteiger partial charge in [-0.15, -0.1) is 0 Å². The molecule has 1 saturated heterocycles. The number of nitrogens with zero attached hydrogens (tertiary/aromatic N) is 1. The molecule has 1 aliphatic heterocycles. The number of piperidine rings is 1. The zero-order chi connectivity index (χ0) is 28.5. The number of carbonyl (C=O) groups is 2. The van der Waals surface area contributed by atoms with Gasteiger partial charge in [-0.25, -0.2) is 4.39 Å². The maximum absolute atomic E-state index is 14.5. The number of methoxy groups -OCH3 is 3. The van der Waals surface area contributed by atoms with Crippen LogP contribution in [-0.2, 0) is 4.79 Å². The first-order valence-corrected chi connectivity index (χ1v) is 13.0. The van der Waals surface area contributed by atoms with Gasteiger partial charge in [0.25, 0.3) is 11.8 Å². The molecule has 0 unspecified atom stereocenters. The Labute approximate surface area is 233 Å². The first-order valence-electron chi connectivity index (χ1n) is 13.0. The Balaban J connectivity index is 1.51. The smallest absolute Gasteiger partial charge is 0.260 e. The molecule has 0 aromatic heterocycles. The molecule has 9 heteroatoms. The lowest BCUT2D eigenvalue weighted by atomic mass is 10.0. The number of hydrogen-bond acceptors (Lipinski definition) is 6. The Hall–Kier alpha value is -4.53. The lowest BCUT2D eigenvalue weighted by Crippen LogP contribution is -2.38. The van der Waals surface area contributed by atoms with Crippen molar-refractivity contribution < 1.29 is 32.9 Å². The lowest BCUT2D eigenvalue weighted by Gasteiger charge is -2.26. The first kappa shape index (κ1) is 28.5. The number of hydrogen-bond donors (Lipinski definition) is 1. The van der Waals surface area contributed by atoms with Crippen LogP contribution in [0.2, 0.25) is 0 Å². The molecule has 0 atom stereocenters. The van der Waals surface area contributed by atoms with Crippen molar-refractivity contribution >= 4 is 29.7 Å². The molecule has 3 aromatic rings. The van der Waals surface area contributed by atoms with Crippen LogP contribution in [0.1, 0.15) is 40.7 Å². The summed E-state index contributed by atoms with van der Waals surface area (Å²) in [7, 11) is 4.40. The molecule has 0 saturated carbocycles. The Kier molecular flexibility index (Phi) is 9.62. The van der Waals surface area contributed by atoms with Crippen LogP contribution in [0.25, 0.3) is 12.2 Å². The van der Waals surface area contributed by atoms with Crippen molar-refractivity contribution in [3.05, 3.63) is 77.1 Å². The van der Waals surface area contributed by atoms with E-state index in [0.717, 1.165) is 37.9 Å². The summed E-state index contributed by atoms with van der Waals surface area (Å²) in [6.07, 6.45) is 6.80. The van der Waals surface area contributed by atoms with Crippen molar-refractivity contribution in [1.29, 1.82) is 0 Å². The van der Waals surface area contributed by atoms with Crippen LogP contribution < -0.4 is 24.3 Å². The summed E-state index contributed by atoms with van der Waals surface area (Å²) < 4.78 is 36.1. The summed E-state index contributed by atoms with van der Waals surface area (Å²) >= 11 is 0. The van der Waals surface area contributed by atoms with E-state index >= 15 is 0 Å². The highest BCUT2D eigenvalue weighted by Crippen LogP contribution is 2.32. The number of amides is 2. The van der Waals surface area contributed by atoms with E-state index in [-0.39, 0.29) is 29.5 Å². The summed E-state index contributed by atoms with van der Waals surface area (Å²) in [5, 5.41) is 2.61. The minimum Gasteiger partial charge on any atom is -0.497 e. The molecule has 3 aromatic carbocycles. The van der Waals surface area contributed by atoms with Gasteiger partial charge in [-0.1, -0.05) is 24.3 Å². The van der Waals surface area contributed by atoms with E-state index in [1.54, 1.807) is 36.4 Å². The highest BCUT2D eigenvalue weighted by Gasteiger charge is 2.20. The number of ether oxygens (including phenoxy) is 4. The fourth-order valence-electron chi connectivity index (χ4n) is 4.41. The van der Waals surface area contributed by atoms with Gasteiger partial charge in [-0.05, 0) is 60.7 Å². The second-order valence-electron chi connectivity index (χ2n) is 9.23. The molecule has 0 radical (unpaired) electrons. The highest BCUT2D eigenvalue weighted by molar-refractivity contribution is 6.09. The van der Waals surface area contributed by atoms with Gasteiger partial charge < -0.3 is 29.2 Å². The predicted octanol–water partition coefficient (Wildman–Crippen LogP) is 5.67. The van der Waals surface area contributed by atoms with E-state index in [4.69, 9.17) is 18.9 Å². The molecule has 8 nitrogen and oxygen atoms in total. The van der Waals surface area contributed by atoms with Crippen molar-refractivity contribution in [2.45, 2.75) is 19.3 Å². The minimum absolute atomic E-state index is 0.00373. The number of likely N-dealkylation sites (tertiary alicyclic amines) is 1. The molecular weight excluding hydrogens is 515 g/mol. The van der Waals surface area contributed by atoms with Gasteiger partial charge in [0.1, 0.15) is 28.8 Å². The van der Waals surface area contributed by atoms with Crippen LogP contribution in [0.4, 0.5) is 10.1 Å². The van der Waals surface area contributed by atoms with Crippen molar-refractivity contribution in [3.63, 3.8) is 0 Å². The molecule has 40 heavy (non-hydrogen) atoms. The molecule has 1 fully saturated rings. The third-order valence-electron chi connectivity index (χ3n) is 6.62. The third-order valence-corrected chi connectivity index (χ3v) is 6.62. The van der Waals surface area contributed by atoms with E-state index in [2.05, 4.69) is 5.32 Å². The number of rotatable bonds is 10. The minimum atomic E-state index is -0.628. The van der Waals surface area contributed by atoms with Crippen LogP contribution in [0, 0.1) is 5.82 Å². The van der Waals surface area contributed by atoms with Gasteiger partial charge in [-0.3, -0.25) is 9.59 Å². The molecule has 0 aliphatic carbocycles. The topological polar surface area (TPSA) is 86.3 Å². The monoisotopic (exact) mass is 548 g/mol. The number of benzene rings is 3. The highest BCUT2D eigenvalue weighted by atomic mass is 19.1. The van der Waals surface area contributed by atoms with E-state index in [0.29, 0.717) is 22.8 Å². The van der Waals surface area contributed by atoms with Crippen LogP contribution in [0.5, 0.6) is 23.0 Å².